The largest absolute Gasteiger partial charge is 0.316 e. The third-order valence-electron chi connectivity index (χ3n) is 1.70. The molecule has 0 atom stereocenters. The van der Waals surface area contributed by atoms with Gasteiger partial charge >= 0.3 is 0 Å². The van der Waals surface area contributed by atoms with E-state index in [0.717, 1.165) is 17.8 Å². The van der Waals surface area contributed by atoms with Crippen molar-refractivity contribution in [3.05, 3.63) is 29.8 Å². The van der Waals surface area contributed by atoms with Crippen molar-refractivity contribution in [1.29, 1.82) is 0 Å². The predicted molar refractivity (Wildman–Crippen MR) is 56.7 cm³/mol. The number of amides is 1. The molecule has 0 bridgehead atoms. The van der Waals surface area contributed by atoms with Gasteiger partial charge in [-0.3, -0.25) is 4.79 Å². The molecule has 0 aromatic heterocycles. The Bertz CT molecular complexity index is 366. The van der Waals surface area contributed by atoms with E-state index in [2.05, 4.69) is 10.6 Å². The molecule has 1 amide bonds. The predicted octanol–water partition coefficient (Wildman–Crippen LogP) is 0.978. The Kier molecular flexibility index (Phi) is 3.71. The van der Waals surface area contributed by atoms with Crippen LogP contribution in [-0.2, 0) is 11.3 Å². The minimum atomic E-state index is -0.424. The molecule has 0 aliphatic rings. The Morgan fingerprint density at radius 3 is 3.00 bits per heavy atom. The van der Waals surface area contributed by atoms with Crippen molar-refractivity contribution < 1.29 is 4.79 Å². The van der Waals surface area contributed by atoms with Gasteiger partial charge in [-0.05, 0) is 30.7 Å². The smallest absolute Gasteiger partial charge is 0.300 e. The first-order valence-electron chi connectivity index (χ1n) is 4.27. The Labute approximate surface area is 83.5 Å². The Hall–Kier alpha value is -1.79. The molecule has 1 rings (SSSR count). The molecular weight excluding hydrogens is 176 g/mol. The highest BCUT2D eigenvalue weighted by atomic mass is 16.1. The van der Waals surface area contributed by atoms with Crippen LogP contribution in [0.4, 0.5) is 5.69 Å². The molecule has 0 aliphatic heterocycles. The zero-order valence-corrected chi connectivity index (χ0v) is 8.00. The van der Waals surface area contributed by atoms with E-state index >= 15 is 0 Å². The summed E-state index contributed by atoms with van der Waals surface area (Å²) >= 11 is 0. The number of anilines is 1. The summed E-state index contributed by atoms with van der Waals surface area (Å²) in [5, 5.41) is 5.61. The van der Waals surface area contributed by atoms with Gasteiger partial charge in [-0.1, -0.05) is 12.1 Å². The van der Waals surface area contributed by atoms with Gasteiger partial charge in [0, 0.05) is 12.2 Å². The maximum atomic E-state index is 10.9. The van der Waals surface area contributed by atoms with Gasteiger partial charge in [-0.25, -0.2) is 0 Å². The fourth-order valence-electron chi connectivity index (χ4n) is 1.13. The summed E-state index contributed by atoms with van der Waals surface area (Å²) in [7, 11) is 1.87. The van der Waals surface area contributed by atoms with Crippen molar-refractivity contribution in [2.24, 2.45) is 0 Å². The minimum absolute atomic E-state index is 0.424. The van der Waals surface area contributed by atoms with Gasteiger partial charge in [-0.2, -0.15) is 0 Å². The van der Waals surface area contributed by atoms with E-state index in [0.29, 0.717) is 0 Å². The fourth-order valence-corrected chi connectivity index (χ4v) is 1.13. The number of hydrogen-bond acceptors (Lipinski definition) is 2. The first-order chi connectivity index (χ1) is 6.76. The van der Waals surface area contributed by atoms with Crippen molar-refractivity contribution >= 4 is 11.6 Å². The molecule has 2 N–H and O–H groups in total. The lowest BCUT2D eigenvalue weighted by Gasteiger charge is -2.04. The molecule has 72 valence electrons. The maximum Gasteiger partial charge on any atom is 0.300 e. The van der Waals surface area contributed by atoms with E-state index in [1.165, 1.54) is 0 Å². The number of terminal acetylenes is 1. The van der Waals surface area contributed by atoms with Crippen LogP contribution in [-0.4, -0.2) is 13.0 Å². The van der Waals surface area contributed by atoms with Gasteiger partial charge in [0.25, 0.3) is 5.91 Å². The number of carbonyl (C=O) groups excluding carboxylic acids is 1. The summed E-state index contributed by atoms with van der Waals surface area (Å²) < 4.78 is 0. The molecule has 0 unspecified atom stereocenters. The molecule has 0 fully saturated rings. The molecule has 0 heterocycles. The van der Waals surface area contributed by atoms with E-state index in [1.807, 2.05) is 31.2 Å². The molecule has 3 nitrogen and oxygen atoms in total. The number of rotatable bonds is 3. The Morgan fingerprint density at radius 2 is 2.36 bits per heavy atom. The quantitative estimate of drug-likeness (QED) is 0.694. The van der Waals surface area contributed by atoms with E-state index in [1.54, 1.807) is 6.07 Å². The van der Waals surface area contributed by atoms with Crippen LogP contribution in [0.1, 0.15) is 5.56 Å². The van der Waals surface area contributed by atoms with Crippen LogP contribution in [0.5, 0.6) is 0 Å². The van der Waals surface area contributed by atoms with Crippen LogP contribution < -0.4 is 10.6 Å². The SMILES string of the molecule is C#CC(=O)Nc1cccc(CNC)c1. The molecular formula is C11H12N2O. The van der Waals surface area contributed by atoms with Crippen LogP contribution in [0.2, 0.25) is 0 Å². The molecule has 0 saturated carbocycles. The van der Waals surface area contributed by atoms with Crippen LogP contribution in [0.25, 0.3) is 0 Å². The van der Waals surface area contributed by atoms with Crippen LogP contribution in [0.3, 0.4) is 0 Å². The second-order valence-electron chi connectivity index (χ2n) is 2.83. The number of benzene rings is 1. The summed E-state index contributed by atoms with van der Waals surface area (Å²) in [5.41, 5.74) is 1.82. The van der Waals surface area contributed by atoms with Gasteiger partial charge in [0.2, 0.25) is 0 Å². The van der Waals surface area contributed by atoms with E-state index in [-0.39, 0.29) is 0 Å². The molecule has 1 aromatic carbocycles. The van der Waals surface area contributed by atoms with Crippen molar-refractivity contribution in [2.75, 3.05) is 12.4 Å². The monoisotopic (exact) mass is 188 g/mol. The van der Waals surface area contributed by atoms with Crippen LogP contribution in [0.15, 0.2) is 24.3 Å². The summed E-state index contributed by atoms with van der Waals surface area (Å²) in [6.07, 6.45) is 4.94. The number of nitrogens with one attached hydrogen (secondary N) is 2. The molecule has 14 heavy (non-hydrogen) atoms. The highest BCUT2D eigenvalue weighted by Crippen LogP contribution is 2.09. The van der Waals surface area contributed by atoms with Gasteiger partial charge in [0.05, 0.1) is 0 Å². The highest BCUT2D eigenvalue weighted by Gasteiger charge is 1.98. The summed E-state index contributed by atoms with van der Waals surface area (Å²) in [5.74, 6) is 1.57. The van der Waals surface area contributed by atoms with Gasteiger partial charge in [0.15, 0.2) is 0 Å². The lowest BCUT2D eigenvalue weighted by Crippen LogP contribution is -2.09. The molecule has 0 aliphatic carbocycles. The molecule has 0 spiro atoms. The number of carbonyl (C=O) groups is 1. The van der Waals surface area contributed by atoms with E-state index < -0.39 is 5.91 Å². The second-order valence-corrected chi connectivity index (χ2v) is 2.83. The molecule has 3 heteroatoms. The third-order valence-corrected chi connectivity index (χ3v) is 1.70. The standard InChI is InChI=1S/C11H12N2O/c1-3-11(14)13-10-6-4-5-9(7-10)8-12-2/h1,4-7,12H,8H2,2H3,(H,13,14). The van der Waals surface area contributed by atoms with Crippen molar-refractivity contribution in [3.63, 3.8) is 0 Å². The molecule has 0 radical (unpaired) electrons. The molecule has 1 aromatic rings. The summed E-state index contributed by atoms with van der Waals surface area (Å²) in [6, 6.07) is 7.53. The van der Waals surface area contributed by atoms with Gasteiger partial charge < -0.3 is 10.6 Å². The van der Waals surface area contributed by atoms with Crippen molar-refractivity contribution in [3.8, 4) is 12.3 Å². The summed E-state index contributed by atoms with van der Waals surface area (Å²) in [6.45, 7) is 0.764. The van der Waals surface area contributed by atoms with E-state index in [4.69, 9.17) is 6.42 Å². The topological polar surface area (TPSA) is 41.1 Å². The van der Waals surface area contributed by atoms with Crippen molar-refractivity contribution in [1.82, 2.24) is 5.32 Å². The Balaban J connectivity index is 2.74. The molecule has 0 saturated heterocycles. The fraction of sp³-hybridized carbons (Fsp3) is 0.182. The lowest BCUT2D eigenvalue weighted by molar-refractivity contribution is -0.111. The summed E-state index contributed by atoms with van der Waals surface area (Å²) in [4.78, 5) is 10.9. The van der Waals surface area contributed by atoms with Crippen molar-refractivity contribution in [2.45, 2.75) is 6.54 Å². The first-order valence-corrected chi connectivity index (χ1v) is 4.27. The van der Waals surface area contributed by atoms with Crippen LogP contribution in [0, 0.1) is 12.3 Å². The normalized spacial score (nSPS) is 9.14. The first kappa shape index (κ1) is 10.3. The second kappa shape index (κ2) is 5.05. The zero-order chi connectivity index (χ0) is 10.4. The maximum absolute atomic E-state index is 10.9. The zero-order valence-electron chi connectivity index (χ0n) is 8.00. The van der Waals surface area contributed by atoms with Gasteiger partial charge in [-0.15, -0.1) is 6.42 Å². The van der Waals surface area contributed by atoms with Gasteiger partial charge in [0.1, 0.15) is 0 Å². The average Bonchev–Trinajstić information content (AvgIpc) is 2.19. The average molecular weight is 188 g/mol. The van der Waals surface area contributed by atoms with Crippen LogP contribution >= 0.6 is 0 Å². The number of hydrogen-bond donors (Lipinski definition) is 2. The van der Waals surface area contributed by atoms with E-state index in [9.17, 15) is 4.79 Å². The third kappa shape index (κ3) is 2.92. The minimum Gasteiger partial charge on any atom is -0.316 e. The Morgan fingerprint density at radius 1 is 1.57 bits per heavy atom. The lowest BCUT2D eigenvalue weighted by atomic mass is 10.2. The highest BCUT2D eigenvalue weighted by molar-refractivity contribution is 6.03.